The van der Waals surface area contributed by atoms with Crippen molar-refractivity contribution in [3.63, 3.8) is 0 Å². The van der Waals surface area contributed by atoms with E-state index in [2.05, 4.69) is 5.32 Å². The average Bonchev–Trinajstić information content (AvgIpc) is 3.06. The first kappa shape index (κ1) is 20.5. The van der Waals surface area contributed by atoms with Gasteiger partial charge in [0.05, 0.1) is 23.1 Å². The van der Waals surface area contributed by atoms with Crippen LogP contribution in [0.2, 0.25) is 0 Å². The molecule has 0 bridgehead atoms. The van der Waals surface area contributed by atoms with Crippen molar-refractivity contribution in [2.24, 2.45) is 11.1 Å². The fourth-order valence-corrected chi connectivity index (χ4v) is 4.42. The number of likely N-dealkylation sites (tertiary alicyclic amines) is 1. The van der Waals surface area contributed by atoms with Gasteiger partial charge in [-0.2, -0.15) is 0 Å². The third kappa shape index (κ3) is 3.02. The van der Waals surface area contributed by atoms with Crippen molar-refractivity contribution in [2.45, 2.75) is 38.3 Å². The molecule has 0 saturated carbocycles. The maximum absolute atomic E-state index is 14.4. The number of piperidine rings is 1. The van der Waals surface area contributed by atoms with E-state index in [9.17, 15) is 28.0 Å². The number of nitrogens with two attached hydrogens (primary N) is 1. The van der Waals surface area contributed by atoms with E-state index in [4.69, 9.17) is 5.73 Å². The van der Waals surface area contributed by atoms with Gasteiger partial charge in [-0.15, -0.1) is 0 Å². The van der Waals surface area contributed by atoms with Crippen molar-refractivity contribution in [2.75, 3.05) is 19.6 Å². The van der Waals surface area contributed by atoms with Gasteiger partial charge in [-0.25, -0.2) is 8.78 Å². The van der Waals surface area contributed by atoms with Gasteiger partial charge in [0.15, 0.2) is 0 Å². The van der Waals surface area contributed by atoms with Crippen LogP contribution in [0.15, 0.2) is 18.2 Å². The molecular weight excluding hydrogens is 398 g/mol. The number of hydrogen-bond donors (Lipinski definition) is 2. The van der Waals surface area contributed by atoms with Gasteiger partial charge in [0.1, 0.15) is 6.04 Å². The van der Waals surface area contributed by atoms with Gasteiger partial charge in [0.25, 0.3) is 17.7 Å². The zero-order chi connectivity index (χ0) is 21.8. The Morgan fingerprint density at radius 1 is 1.17 bits per heavy atom. The quantitative estimate of drug-likeness (QED) is 0.686. The Kier molecular flexibility index (Phi) is 4.74. The summed E-state index contributed by atoms with van der Waals surface area (Å²) in [5, 5.41) is 2.14. The highest BCUT2D eigenvalue weighted by Gasteiger charge is 2.56. The Morgan fingerprint density at radius 2 is 1.90 bits per heavy atom. The fourth-order valence-electron chi connectivity index (χ4n) is 4.42. The summed E-state index contributed by atoms with van der Waals surface area (Å²) in [4.78, 5) is 51.9. The Bertz CT molecular complexity index is 966. The molecule has 2 fully saturated rings. The van der Waals surface area contributed by atoms with Crippen LogP contribution in [0, 0.1) is 5.41 Å². The highest BCUT2D eigenvalue weighted by Crippen LogP contribution is 2.43. The summed E-state index contributed by atoms with van der Waals surface area (Å²) >= 11 is 0. The normalized spacial score (nSPS) is 28.8. The number of amides is 4. The van der Waals surface area contributed by atoms with Gasteiger partial charge in [0, 0.05) is 26.1 Å². The summed E-state index contributed by atoms with van der Waals surface area (Å²) in [7, 11) is 0. The number of benzene rings is 1. The molecule has 30 heavy (non-hydrogen) atoms. The topological polar surface area (TPSA) is 113 Å². The van der Waals surface area contributed by atoms with Crippen LogP contribution >= 0.6 is 0 Å². The van der Waals surface area contributed by atoms with Crippen molar-refractivity contribution < 1.29 is 28.0 Å². The SMILES string of the molecule is CC1(CN)CN(Cc2cccc3c2C(=O)N(C2CCC(=O)NC2=O)C3=O)CC1(F)F. The number of imide groups is 2. The molecule has 3 aliphatic heterocycles. The van der Waals surface area contributed by atoms with Crippen LogP contribution in [0.4, 0.5) is 8.78 Å². The van der Waals surface area contributed by atoms with Gasteiger partial charge in [-0.1, -0.05) is 19.1 Å². The molecule has 0 aromatic heterocycles. The minimum absolute atomic E-state index is 0.0250. The second kappa shape index (κ2) is 6.92. The zero-order valence-electron chi connectivity index (χ0n) is 16.4. The van der Waals surface area contributed by atoms with Crippen LogP contribution in [0.5, 0.6) is 0 Å². The molecule has 0 aliphatic carbocycles. The molecule has 1 aromatic rings. The van der Waals surface area contributed by atoms with Crippen molar-refractivity contribution in [1.29, 1.82) is 0 Å². The third-order valence-electron chi connectivity index (χ3n) is 6.28. The molecule has 0 spiro atoms. The first-order valence-electron chi connectivity index (χ1n) is 9.72. The molecule has 2 atom stereocenters. The van der Waals surface area contributed by atoms with Crippen molar-refractivity contribution >= 4 is 23.6 Å². The lowest BCUT2D eigenvalue weighted by atomic mass is 9.86. The summed E-state index contributed by atoms with van der Waals surface area (Å²) in [5.41, 5.74) is 4.91. The minimum atomic E-state index is -2.97. The molecule has 1 aromatic carbocycles. The van der Waals surface area contributed by atoms with Crippen molar-refractivity contribution in [3.8, 4) is 0 Å². The summed E-state index contributed by atoms with van der Waals surface area (Å²) in [6.45, 7) is 0.866. The molecule has 8 nitrogen and oxygen atoms in total. The second-order valence-corrected chi connectivity index (χ2v) is 8.40. The number of nitrogens with one attached hydrogen (secondary N) is 1. The lowest BCUT2D eigenvalue weighted by Gasteiger charge is -2.28. The zero-order valence-corrected chi connectivity index (χ0v) is 16.4. The monoisotopic (exact) mass is 420 g/mol. The van der Waals surface area contributed by atoms with E-state index in [1.165, 1.54) is 17.9 Å². The lowest BCUT2D eigenvalue weighted by molar-refractivity contribution is -0.136. The number of halogens is 2. The van der Waals surface area contributed by atoms with E-state index in [0.717, 1.165) is 4.90 Å². The predicted molar refractivity (Wildman–Crippen MR) is 100 cm³/mol. The van der Waals surface area contributed by atoms with Crippen molar-refractivity contribution in [1.82, 2.24) is 15.1 Å². The Labute approximate surface area is 171 Å². The maximum atomic E-state index is 14.4. The highest BCUT2D eigenvalue weighted by molar-refractivity contribution is 6.24. The number of carbonyl (C=O) groups is 4. The summed E-state index contributed by atoms with van der Waals surface area (Å²) < 4.78 is 28.8. The molecule has 0 radical (unpaired) electrons. The average molecular weight is 420 g/mol. The molecule has 160 valence electrons. The molecule has 10 heteroatoms. The second-order valence-electron chi connectivity index (χ2n) is 8.40. The summed E-state index contributed by atoms with van der Waals surface area (Å²) in [6, 6.07) is 3.62. The molecule has 4 rings (SSSR count). The molecule has 3 heterocycles. The van der Waals surface area contributed by atoms with Gasteiger partial charge >= 0.3 is 0 Å². The standard InChI is InChI=1S/C20H22F2N4O4/c1-19(8-23)9-25(10-20(19,21)22)7-11-3-2-4-12-15(11)18(30)26(17(12)29)13-5-6-14(27)24-16(13)28/h2-4,13H,5-10,23H2,1H3,(H,24,27,28). The third-order valence-corrected chi connectivity index (χ3v) is 6.28. The first-order valence-corrected chi connectivity index (χ1v) is 9.72. The summed E-state index contributed by atoms with van der Waals surface area (Å²) in [5.74, 6) is -5.39. The molecule has 3 N–H and O–H groups in total. The molecule has 2 unspecified atom stereocenters. The van der Waals surface area contributed by atoms with E-state index in [0.29, 0.717) is 5.56 Å². The van der Waals surface area contributed by atoms with E-state index in [1.54, 1.807) is 12.1 Å². The van der Waals surface area contributed by atoms with Crippen LogP contribution in [-0.4, -0.2) is 65.0 Å². The molecule has 4 amide bonds. The Morgan fingerprint density at radius 3 is 2.53 bits per heavy atom. The first-order chi connectivity index (χ1) is 14.1. The van der Waals surface area contributed by atoms with Crippen LogP contribution in [-0.2, 0) is 16.1 Å². The number of alkyl halides is 2. The van der Waals surface area contributed by atoms with E-state index in [-0.39, 0.29) is 43.6 Å². The van der Waals surface area contributed by atoms with Crippen LogP contribution < -0.4 is 11.1 Å². The Balaban J connectivity index is 1.61. The van der Waals surface area contributed by atoms with Gasteiger partial charge in [-0.3, -0.25) is 34.3 Å². The van der Waals surface area contributed by atoms with Gasteiger partial charge in [0.2, 0.25) is 11.8 Å². The number of carbonyl (C=O) groups excluding carboxylic acids is 4. The van der Waals surface area contributed by atoms with Crippen LogP contribution in [0.3, 0.4) is 0 Å². The fraction of sp³-hybridized carbons (Fsp3) is 0.500. The Hall–Kier alpha value is -2.72. The van der Waals surface area contributed by atoms with Gasteiger partial charge in [-0.05, 0) is 18.1 Å². The molecule has 2 saturated heterocycles. The van der Waals surface area contributed by atoms with Crippen molar-refractivity contribution in [3.05, 3.63) is 34.9 Å². The van der Waals surface area contributed by atoms with E-state index >= 15 is 0 Å². The molecular formula is C20H22F2N4O4. The van der Waals surface area contributed by atoms with E-state index < -0.39 is 47.6 Å². The minimum Gasteiger partial charge on any atom is -0.330 e. The van der Waals surface area contributed by atoms with Crippen LogP contribution in [0.1, 0.15) is 46.0 Å². The van der Waals surface area contributed by atoms with Gasteiger partial charge < -0.3 is 5.73 Å². The number of rotatable bonds is 4. The number of nitrogens with zero attached hydrogens (tertiary/aromatic N) is 2. The van der Waals surface area contributed by atoms with Crippen LogP contribution in [0.25, 0.3) is 0 Å². The highest BCUT2D eigenvalue weighted by atomic mass is 19.3. The number of hydrogen-bond acceptors (Lipinski definition) is 6. The summed E-state index contributed by atoms with van der Waals surface area (Å²) in [6.07, 6.45) is 0.0792. The number of fused-ring (bicyclic) bond motifs is 1. The predicted octanol–water partition coefficient (Wildman–Crippen LogP) is 0.504. The lowest BCUT2D eigenvalue weighted by Crippen LogP contribution is -2.54. The van der Waals surface area contributed by atoms with E-state index in [1.807, 2.05) is 0 Å². The molecule has 3 aliphatic rings. The smallest absolute Gasteiger partial charge is 0.268 e. The largest absolute Gasteiger partial charge is 0.330 e. The maximum Gasteiger partial charge on any atom is 0.268 e.